The van der Waals surface area contributed by atoms with Gasteiger partial charge in [0.1, 0.15) is 0 Å². The Balaban J connectivity index is 2.40. The van der Waals surface area contributed by atoms with Crippen molar-refractivity contribution in [3.8, 4) is 0 Å². The molecule has 0 atom stereocenters. The van der Waals surface area contributed by atoms with Crippen molar-refractivity contribution in [3.63, 3.8) is 0 Å². The summed E-state index contributed by atoms with van der Waals surface area (Å²) in [4.78, 5) is 14.0. The van der Waals surface area contributed by atoms with Crippen LogP contribution in [0.25, 0.3) is 0 Å². The van der Waals surface area contributed by atoms with Crippen LogP contribution >= 0.6 is 43.5 Å². The van der Waals surface area contributed by atoms with Gasteiger partial charge in [0.15, 0.2) is 0 Å². The summed E-state index contributed by atoms with van der Waals surface area (Å²) in [7, 11) is 1.67. The molecule has 2 rings (SSSR count). The van der Waals surface area contributed by atoms with E-state index in [1.807, 2.05) is 6.07 Å². The molecule has 3 nitrogen and oxygen atoms in total. The molecule has 104 valence electrons. The summed E-state index contributed by atoms with van der Waals surface area (Å²) in [5, 5.41) is 0.389. The van der Waals surface area contributed by atoms with E-state index in [2.05, 4.69) is 31.9 Å². The highest BCUT2D eigenvalue weighted by atomic mass is 79.9. The Morgan fingerprint density at radius 1 is 1.25 bits per heavy atom. The third-order valence-corrected chi connectivity index (χ3v) is 4.63. The van der Waals surface area contributed by atoms with E-state index < -0.39 is 0 Å². The second-order valence-corrected chi connectivity index (χ2v) is 6.32. The lowest BCUT2D eigenvalue weighted by atomic mass is 10.1. The molecule has 0 bridgehead atoms. The smallest absolute Gasteiger partial charge is 0.259 e. The second kappa shape index (κ2) is 6.16. The fraction of sp³-hybridized carbons (Fsp3) is 0.0714. The van der Waals surface area contributed by atoms with Crippen LogP contribution in [-0.4, -0.2) is 13.0 Å². The van der Waals surface area contributed by atoms with Crippen molar-refractivity contribution in [2.24, 2.45) is 0 Å². The first-order chi connectivity index (χ1) is 9.41. The van der Waals surface area contributed by atoms with Crippen LogP contribution in [0.2, 0.25) is 5.02 Å². The molecule has 0 aliphatic carbocycles. The summed E-state index contributed by atoms with van der Waals surface area (Å²) in [6, 6.07) is 10.6. The van der Waals surface area contributed by atoms with Crippen molar-refractivity contribution in [1.29, 1.82) is 0 Å². The molecular weight excluding hydrogens is 407 g/mol. The number of amides is 1. The molecule has 6 heteroatoms. The number of benzene rings is 2. The first kappa shape index (κ1) is 15.4. The maximum atomic E-state index is 12.5. The van der Waals surface area contributed by atoms with Crippen molar-refractivity contribution in [2.45, 2.75) is 0 Å². The molecule has 0 fully saturated rings. The van der Waals surface area contributed by atoms with Gasteiger partial charge in [0, 0.05) is 16.0 Å². The van der Waals surface area contributed by atoms with Crippen molar-refractivity contribution in [3.05, 3.63) is 55.9 Å². The molecule has 2 aromatic carbocycles. The summed E-state index contributed by atoms with van der Waals surface area (Å²) < 4.78 is 1.54. The maximum Gasteiger partial charge on any atom is 0.259 e. The fourth-order valence-corrected chi connectivity index (χ4v) is 2.74. The first-order valence-electron chi connectivity index (χ1n) is 5.69. The predicted molar refractivity (Wildman–Crippen MR) is 90.4 cm³/mol. The molecule has 2 N–H and O–H groups in total. The number of rotatable bonds is 2. The van der Waals surface area contributed by atoms with Gasteiger partial charge in [0.05, 0.1) is 22.0 Å². The topological polar surface area (TPSA) is 46.3 Å². The van der Waals surface area contributed by atoms with Gasteiger partial charge in [0.25, 0.3) is 5.91 Å². The Morgan fingerprint density at radius 2 is 1.95 bits per heavy atom. The van der Waals surface area contributed by atoms with Crippen LogP contribution < -0.4 is 10.6 Å². The minimum Gasteiger partial charge on any atom is -0.397 e. The SMILES string of the molecule is CN(C(=O)c1cccc(Br)c1Cl)c1ccc(Br)cc1N. The van der Waals surface area contributed by atoms with Crippen molar-refractivity contribution in [1.82, 2.24) is 0 Å². The normalized spacial score (nSPS) is 10.4. The van der Waals surface area contributed by atoms with Crippen molar-refractivity contribution < 1.29 is 4.79 Å². The zero-order valence-corrected chi connectivity index (χ0v) is 14.5. The number of carbonyl (C=O) groups is 1. The Hall–Kier alpha value is -1.04. The Kier molecular flexibility index (Phi) is 4.73. The Labute approximate surface area is 139 Å². The first-order valence-corrected chi connectivity index (χ1v) is 7.65. The monoisotopic (exact) mass is 416 g/mol. The third kappa shape index (κ3) is 3.00. The highest BCUT2D eigenvalue weighted by Gasteiger charge is 2.19. The lowest BCUT2D eigenvalue weighted by Gasteiger charge is -2.20. The number of halogens is 3. The van der Waals surface area contributed by atoms with Gasteiger partial charge in [-0.15, -0.1) is 0 Å². The standard InChI is InChI=1S/C14H11Br2ClN2O/c1-19(12-6-5-8(15)7-11(12)18)14(20)9-3-2-4-10(16)13(9)17/h2-7H,18H2,1H3. The van der Waals surface area contributed by atoms with Crippen LogP contribution in [0.4, 0.5) is 11.4 Å². The zero-order chi connectivity index (χ0) is 14.9. The zero-order valence-electron chi connectivity index (χ0n) is 10.5. The van der Waals surface area contributed by atoms with E-state index in [1.54, 1.807) is 37.4 Å². The Morgan fingerprint density at radius 3 is 2.60 bits per heavy atom. The highest BCUT2D eigenvalue weighted by Crippen LogP contribution is 2.30. The summed E-state index contributed by atoms with van der Waals surface area (Å²) in [6.45, 7) is 0. The van der Waals surface area contributed by atoms with E-state index in [0.717, 1.165) is 4.47 Å². The van der Waals surface area contributed by atoms with E-state index in [1.165, 1.54) is 4.90 Å². The summed E-state index contributed by atoms with van der Waals surface area (Å²) in [5.74, 6) is -0.217. The maximum absolute atomic E-state index is 12.5. The average molecular weight is 419 g/mol. The Bertz CT molecular complexity index is 676. The van der Waals surface area contributed by atoms with Gasteiger partial charge < -0.3 is 10.6 Å². The van der Waals surface area contributed by atoms with Gasteiger partial charge in [-0.25, -0.2) is 0 Å². The molecule has 1 amide bonds. The van der Waals surface area contributed by atoms with Gasteiger partial charge in [-0.3, -0.25) is 4.79 Å². The minimum absolute atomic E-state index is 0.217. The van der Waals surface area contributed by atoms with E-state index >= 15 is 0 Å². The van der Waals surface area contributed by atoms with Crippen LogP contribution in [0.15, 0.2) is 45.3 Å². The lowest BCUT2D eigenvalue weighted by Crippen LogP contribution is -2.27. The molecule has 0 aliphatic rings. The molecular formula is C14H11Br2ClN2O. The quantitative estimate of drug-likeness (QED) is 0.717. The second-order valence-electron chi connectivity index (χ2n) is 4.17. The molecule has 0 radical (unpaired) electrons. The number of hydrogen-bond donors (Lipinski definition) is 1. The lowest BCUT2D eigenvalue weighted by molar-refractivity contribution is 0.0993. The van der Waals surface area contributed by atoms with E-state index in [-0.39, 0.29) is 5.91 Å². The van der Waals surface area contributed by atoms with Crippen LogP contribution in [0.3, 0.4) is 0 Å². The van der Waals surface area contributed by atoms with Gasteiger partial charge in [-0.05, 0) is 46.3 Å². The molecule has 0 aromatic heterocycles. The number of nitrogen functional groups attached to an aromatic ring is 1. The highest BCUT2D eigenvalue weighted by molar-refractivity contribution is 9.10. The molecule has 0 spiro atoms. The molecule has 0 saturated carbocycles. The van der Waals surface area contributed by atoms with Gasteiger partial charge in [0.2, 0.25) is 0 Å². The number of anilines is 2. The van der Waals surface area contributed by atoms with Gasteiger partial charge in [-0.1, -0.05) is 33.6 Å². The van der Waals surface area contributed by atoms with Crippen LogP contribution in [-0.2, 0) is 0 Å². The fourth-order valence-electron chi connectivity index (χ4n) is 1.79. The number of nitrogens with zero attached hydrogens (tertiary/aromatic N) is 1. The van der Waals surface area contributed by atoms with Gasteiger partial charge in [-0.2, -0.15) is 0 Å². The summed E-state index contributed by atoms with van der Waals surface area (Å²) in [5.41, 5.74) is 7.51. The molecule has 2 aromatic rings. The van der Waals surface area contributed by atoms with Crippen molar-refractivity contribution in [2.75, 3.05) is 17.7 Å². The average Bonchev–Trinajstić information content (AvgIpc) is 2.40. The minimum atomic E-state index is -0.217. The molecule has 0 aliphatic heterocycles. The molecule has 0 saturated heterocycles. The largest absolute Gasteiger partial charge is 0.397 e. The summed E-state index contributed by atoms with van der Waals surface area (Å²) in [6.07, 6.45) is 0. The number of carbonyl (C=O) groups excluding carboxylic acids is 1. The van der Waals surface area contributed by atoms with Crippen molar-refractivity contribution >= 4 is 60.7 Å². The van der Waals surface area contributed by atoms with Crippen LogP contribution in [0.1, 0.15) is 10.4 Å². The van der Waals surface area contributed by atoms with E-state index in [9.17, 15) is 4.79 Å². The molecule has 20 heavy (non-hydrogen) atoms. The predicted octanol–water partition coefficient (Wildman–Crippen LogP) is 4.72. The van der Waals surface area contributed by atoms with Crippen LogP contribution in [0.5, 0.6) is 0 Å². The molecule has 0 unspecified atom stereocenters. The third-order valence-electron chi connectivity index (χ3n) is 2.84. The molecule has 0 heterocycles. The summed E-state index contributed by atoms with van der Waals surface area (Å²) >= 11 is 12.8. The van der Waals surface area contributed by atoms with E-state index in [0.29, 0.717) is 26.4 Å². The van der Waals surface area contributed by atoms with Crippen LogP contribution in [0, 0.1) is 0 Å². The number of nitrogens with two attached hydrogens (primary N) is 1. The van der Waals surface area contributed by atoms with Gasteiger partial charge >= 0.3 is 0 Å². The number of hydrogen-bond acceptors (Lipinski definition) is 2. The van der Waals surface area contributed by atoms with E-state index in [4.69, 9.17) is 17.3 Å².